The molecule has 1 aliphatic heterocycles. The topological polar surface area (TPSA) is 83.1 Å². The van der Waals surface area contributed by atoms with Gasteiger partial charge in [-0.25, -0.2) is 13.4 Å². The molecule has 1 atom stereocenters. The van der Waals surface area contributed by atoms with Gasteiger partial charge in [0.2, 0.25) is 5.91 Å². The summed E-state index contributed by atoms with van der Waals surface area (Å²) >= 11 is 0. The van der Waals surface area contributed by atoms with E-state index in [2.05, 4.69) is 9.97 Å². The van der Waals surface area contributed by atoms with Gasteiger partial charge in [0.05, 0.1) is 17.9 Å². The van der Waals surface area contributed by atoms with Crippen molar-refractivity contribution >= 4 is 26.8 Å². The molecule has 22 heavy (non-hydrogen) atoms. The van der Waals surface area contributed by atoms with Crippen molar-refractivity contribution in [3.8, 4) is 0 Å². The summed E-state index contributed by atoms with van der Waals surface area (Å²) in [6, 6.07) is 3.49. The number of H-pyrrole nitrogens is 1. The molecule has 3 rings (SSSR count). The fourth-order valence-corrected chi connectivity index (χ4v) is 4.66. The van der Waals surface area contributed by atoms with Crippen molar-refractivity contribution in [1.82, 2.24) is 14.9 Å². The Morgan fingerprint density at radius 1 is 1.50 bits per heavy atom. The number of hydrogen-bond acceptors (Lipinski definition) is 4. The highest BCUT2D eigenvalue weighted by atomic mass is 32.2. The molecule has 1 aliphatic rings. The second kappa shape index (κ2) is 5.72. The van der Waals surface area contributed by atoms with Crippen molar-refractivity contribution in [3.05, 3.63) is 30.1 Å². The van der Waals surface area contributed by atoms with Crippen molar-refractivity contribution < 1.29 is 13.2 Å². The molecule has 0 radical (unpaired) electrons. The number of carbonyl (C=O) groups is 1. The van der Waals surface area contributed by atoms with Crippen molar-refractivity contribution in [2.24, 2.45) is 0 Å². The van der Waals surface area contributed by atoms with Crippen molar-refractivity contribution in [2.75, 3.05) is 18.1 Å². The Morgan fingerprint density at radius 2 is 2.32 bits per heavy atom. The molecule has 2 aromatic heterocycles. The Kier molecular flexibility index (Phi) is 3.90. The highest BCUT2D eigenvalue weighted by Crippen LogP contribution is 2.19. The van der Waals surface area contributed by atoms with Crippen molar-refractivity contribution in [1.29, 1.82) is 0 Å². The lowest BCUT2D eigenvalue weighted by Gasteiger charge is -2.26. The maximum absolute atomic E-state index is 12.6. The van der Waals surface area contributed by atoms with Crippen LogP contribution < -0.4 is 0 Å². The quantitative estimate of drug-likeness (QED) is 0.899. The van der Waals surface area contributed by atoms with E-state index in [1.165, 1.54) is 0 Å². The van der Waals surface area contributed by atoms with Crippen LogP contribution >= 0.6 is 0 Å². The van der Waals surface area contributed by atoms with E-state index in [1.54, 1.807) is 24.2 Å². The van der Waals surface area contributed by atoms with Gasteiger partial charge in [0, 0.05) is 30.4 Å². The Morgan fingerprint density at radius 3 is 3.14 bits per heavy atom. The molecule has 2 aromatic rings. The van der Waals surface area contributed by atoms with Crippen LogP contribution in [0.1, 0.15) is 18.9 Å². The average molecular weight is 321 g/mol. The van der Waals surface area contributed by atoms with E-state index in [-0.39, 0.29) is 29.9 Å². The van der Waals surface area contributed by atoms with Gasteiger partial charge in [0.1, 0.15) is 5.65 Å². The number of rotatable bonds is 2. The van der Waals surface area contributed by atoms with Gasteiger partial charge in [-0.3, -0.25) is 4.79 Å². The number of amides is 1. The van der Waals surface area contributed by atoms with Gasteiger partial charge in [-0.15, -0.1) is 0 Å². The van der Waals surface area contributed by atoms with E-state index in [0.717, 1.165) is 16.6 Å². The fourth-order valence-electron chi connectivity index (χ4n) is 3.01. The second-order valence-electron chi connectivity index (χ2n) is 5.79. The summed E-state index contributed by atoms with van der Waals surface area (Å²) in [5.74, 6) is 0.182. The monoisotopic (exact) mass is 321 g/mol. The van der Waals surface area contributed by atoms with Crippen LogP contribution in [0.5, 0.6) is 0 Å². The lowest BCUT2D eigenvalue weighted by molar-refractivity contribution is -0.132. The van der Waals surface area contributed by atoms with Gasteiger partial charge in [-0.1, -0.05) is 0 Å². The molecule has 1 N–H and O–H groups in total. The molecule has 7 heteroatoms. The first kappa shape index (κ1) is 15.0. The summed E-state index contributed by atoms with van der Waals surface area (Å²) in [5.41, 5.74) is 1.66. The minimum absolute atomic E-state index is 0.0330. The SMILES string of the molecule is CC1CS(=O)(=O)CCCN1C(=O)Cc1c[nH]c2ncccc12. The predicted molar refractivity (Wildman–Crippen MR) is 84.2 cm³/mol. The molecule has 0 spiro atoms. The van der Waals surface area contributed by atoms with E-state index in [0.29, 0.717) is 13.0 Å². The third-order valence-electron chi connectivity index (χ3n) is 4.08. The molecule has 0 bridgehead atoms. The summed E-state index contributed by atoms with van der Waals surface area (Å²) in [7, 11) is -3.04. The summed E-state index contributed by atoms with van der Waals surface area (Å²) < 4.78 is 23.6. The fraction of sp³-hybridized carbons (Fsp3) is 0.467. The number of carbonyl (C=O) groups excluding carboxylic acids is 1. The Bertz CT molecular complexity index is 797. The van der Waals surface area contributed by atoms with Crippen LogP contribution in [-0.2, 0) is 21.1 Å². The van der Waals surface area contributed by atoms with Gasteiger partial charge in [0.15, 0.2) is 9.84 Å². The van der Waals surface area contributed by atoms with Crippen molar-refractivity contribution in [3.63, 3.8) is 0 Å². The number of hydrogen-bond donors (Lipinski definition) is 1. The summed E-state index contributed by atoms with van der Waals surface area (Å²) in [6.45, 7) is 2.30. The third-order valence-corrected chi connectivity index (χ3v) is 5.98. The average Bonchev–Trinajstić information content (AvgIpc) is 2.79. The van der Waals surface area contributed by atoms with E-state index in [1.807, 2.05) is 12.1 Å². The van der Waals surface area contributed by atoms with Crippen LogP contribution in [0.25, 0.3) is 11.0 Å². The third kappa shape index (κ3) is 2.99. The first-order valence-corrected chi connectivity index (χ1v) is 9.19. The maximum Gasteiger partial charge on any atom is 0.227 e. The molecular formula is C15H19N3O3S. The zero-order chi connectivity index (χ0) is 15.7. The van der Waals surface area contributed by atoms with Crippen molar-refractivity contribution in [2.45, 2.75) is 25.8 Å². The van der Waals surface area contributed by atoms with Gasteiger partial charge >= 0.3 is 0 Å². The number of aromatic amines is 1. The van der Waals surface area contributed by atoms with Gasteiger partial charge in [-0.05, 0) is 31.0 Å². The molecule has 1 fully saturated rings. The first-order valence-electron chi connectivity index (χ1n) is 7.37. The van der Waals surface area contributed by atoms with E-state index in [4.69, 9.17) is 0 Å². The molecule has 3 heterocycles. The molecule has 0 aromatic carbocycles. The maximum atomic E-state index is 12.6. The van der Waals surface area contributed by atoms with E-state index >= 15 is 0 Å². The highest BCUT2D eigenvalue weighted by molar-refractivity contribution is 7.91. The number of nitrogens with one attached hydrogen (secondary N) is 1. The number of pyridine rings is 1. The standard InChI is InChI=1S/C15H19N3O3S/c1-11-10-22(20,21)7-3-6-18(11)14(19)8-12-9-17-15-13(12)4-2-5-16-15/h2,4-5,9,11H,3,6-8,10H2,1H3,(H,16,17). The molecule has 118 valence electrons. The Labute approximate surface area is 129 Å². The van der Waals surface area contributed by atoms with Crippen LogP contribution in [0.3, 0.4) is 0 Å². The van der Waals surface area contributed by atoms with Gasteiger partial charge in [0.25, 0.3) is 0 Å². The number of fused-ring (bicyclic) bond motifs is 1. The molecule has 6 nitrogen and oxygen atoms in total. The van der Waals surface area contributed by atoms with Gasteiger partial charge in [-0.2, -0.15) is 0 Å². The number of sulfone groups is 1. The molecule has 1 amide bonds. The molecule has 0 saturated carbocycles. The normalized spacial score (nSPS) is 21.7. The number of nitrogens with zero attached hydrogens (tertiary/aromatic N) is 2. The summed E-state index contributed by atoms with van der Waals surface area (Å²) in [4.78, 5) is 21.5. The largest absolute Gasteiger partial charge is 0.346 e. The first-order chi connectivity index (χ1) is 10.5. The predicted octanol–water partition coefficient (Wildman–Crippen LogP) is 1.14. The van der Waals surface area contributed by atoms with Crippen LogP contribution in [-0.4, -0.2) is 53.3 Å². The molecular weight excluding hydrogens is 302 g/mol. The van der Waals surface area contributed by atoms with Crippen LogP contribution in [0.4, 0.5) is 0 Å². The smallest absolute Gasteiger partial charge is 0.227 e. The van der Waals surface area contributed by atoms with Gasteiger partial charge < -0.3 is 9.88 Å². The zero-order valence-corrected chi connectivity index (χ0v) is 13.3. The lowest BCUT2D eigenvalue weighted by Crippen LogP contribution is -2.41. The highest BCUT2D eigenvalue weighted by Gasteiger charge is 2.28. The van der Waals surface area contributed by atoms with E-state index < -0.39 is 9.84 Å². The zero-order valence-electron chi connectivity index (χ0n) is 12.4. The minimum atomic E-state index is -3.04. The molecule has 0 aliphatic carbocycles. The van der Waals surface area contributed by atoms with E-state index in [9.17, 15) is 13.2 Å². The second-order valence-corrected chi connectivity index (χ2v) is 8.02. The van der Waals surface area contributed by atoms with Crippen LogP contribution in [0.15, 0.2) is 24.5 Å². The summed E-state index contributed by atoms with van der Waals surface area (Å²) in [6.07, 6.45) is 4.27. The molecule has 1 unspecified atom stereocenters. The Hall–Kier alpha value is -1.89. The van der Waals surface area contributed by atoms with Crippen LogP contribution in [0, 0.1) is 0 Å². The summed E-state index contributed by atoms with van der Waals surface area (Å²) in [5, 5.41) is 0.936. The Balaban J connectivity index is 1.79. The lowest BCUT2D eigenvalue weighted by atomic mass is 10.1. The molecule has 1 saturated heterocycles. The van der Waals surface area contributed by atoms with Crippen LogP contribution in [0.2, 0.25) is 0 Å². The minimum Gasteiger partial charge on any atom is -0.346 e. The number of aromatic nitrogens is 2.